The molecule has 0 aromatic carbocycles. The molecule has 0 spiro atoms. The van der Waals surface area contributed by atoms with Crippen molar-refractivity contribution in [2.75, 3.05) is 46.1 Å². The van der Waals surface area contributed by atoms with Gasteiger partial charge in [0.2, 0.25) is 5.56 Å². The molecule has 0 atom stereocenters. The van der Waals surface area contributed by atoms with E-state index in [0.717, 1.165) is 90.7 Å². The minimum absolute atomic E-state index is 0.0596. The summed E-state index contributed by atoms with van der Waals surface area (Å²) in [5.41, 5.74) is 0.0596. The number of nitrogens with one attached hydrogen (secondary N) is 2. The van der Waals surface area contributed by atoms with Crippen molar-refractivity contribution in [1.82, 2.24) is 15.2 Å². The summed E-state index contributed by atoms with van der Waals surface area (Å²) < 4.78 is 12.9. The van der Waals surface area contributed by atoms with Gasteiger partial charge >= 0.3 is 0 Å². The monoisotopic (exact) mass is 392 g/mol. The first-order valence-electron chi connectivity index (χ1n) is 10.6. The molecule has 1 fully saturated rings. The number of hydrogen-bond donors (Lipinski definition) is 2. The number of rotatable bonds is 12. The van der Waals surface area contributed by atoms with Crippen molar-refractivity contribution in [2.24, 2.45) is 10.9 Å². The molecule has 1 saturated heterocycles. The third-order valence-electron chi connectivity index (χ3n) is 4.77. The van der Waals surface area contributed by atoms with Gasteiger partial charge in [0, 0.05) is 64.9 Å². The quantitative estimate of drug-likeness (QED) is 0.323. The molecular weight excluding hydrogens is 356 g/mol. The van der Waals surface area contributed by atoms with E-state index in [9.17, 15) is 4.79 Å². The van der Waals surface area contributed by atoms with Crippen LogP contribution < -0.4 is 16.2 Å². The fraction of sp³-hybridized carbons (Fsp3) is 0.714. The van der Waals surface area contributed by atoms with Gasteiger partial charge in [-0.15, -0.1) is 0 Å². The van der Waals surface area contributed by atoms with Gasteiger partial charge in [0.25, 0.3) is 0 Å². The molecule has 0 unspecified atom stereocenters. The molecule has 1 aromatic rings. The minimum Gasteiger partial charge on any atom is -0.381 e. The largest absolute Gasteiger partial charge is 0.381 e. The average molecular weight is 393 g/mol. The smallest absolute Gasteiger partial charge is 0.250 e. The van der Waals surface area contributed by atoms with Gasteiger partial charge in [-0.3, -0.25) is 9.79 Å². The topological polar surface area (TPSA) is 76.9 Å². The number of unbranched alkanes of at least 4 members (excludes halogenated alkanes) is 1. The van der Waals surface area contributed by atoms with E-state index in [-0.39, 0.29) is 5.56 Å². The van der Waals surface area contributed by atoms with Crippen LogP contribution in [0, 0.1) is 5.92 Å². The average Bonchev–Trinajstić information content (AvgIpc) is 2.72. The van der Waals surface area contributed by atoms with E-state index in [1.165, 1.54) is 0 Å². The van der Waals surface area contributed by atoms with Crippen LogP contribution in [0.4, 0.5) is 0 Å². The first-order chi connectivity index (χ1) is 13.8. The van der Waals surface area contributed by atoms with E-state index < -0.39 is 0 Å². The van der Waals surface area contributed by atoms with Gasteiger partial charge in [-0.25, -0.2) is 0 Å². The van der Waals surface area contributed by atoms with Gasteiger partial charge in [0.05, 0.1) is 0 Å². The molecule has 2 N–H and O–H groups in total. The lowest BCUT2D eigenvalue weighted by molar-refractivity contribution is 0.0205. The Hall–Kier alpha value is -1.86. The Morgan fingerprint density at radius 3 is 2.89 bits per heavy atom. The second-order valence-electron chi connectivity index (χ2n) is 7.11. The molecule has 0 amide bonds. The fourth-order valence-electron chi connectivity index (χ4n) is 3.12. The number of hydrogen-bond acceptors (Lipinski definition) is 4. The van der Waals surface area contributed by atoms with Crippen molar-refractivity contribution >= 4 is 5.96 Å². The highest BCUT2D eigenvalue weighted by molar-refractivity contribution is 5.79. The summed E-state index contributed by atoms with van der Waals surface area (Å²) in [4.78, 5) is 16.3. The molecule has 0 aliphatic carbocycles. The highest BCUT2D eigenvalue weighted by atomic mass is 16.5. The first kappa shape index (κ1) is 22.4. The molecule has 0 saturated carbocycles. The molecule has 1 aromatic heterocycles. The Labute approximate surface area is 168 Å². The third-order valence-corrected chi connectivity index (χ3v) is 4.77. The summed E-state index contributed by atoms with van der Waals surface area (Å²) in [6.45, 7) is 8.59. The van der Waals surface area contributed by atoms with Gasteiger partial charge in [-0.1, -0.05) is 6.07 Å². The van der Waals surface area contributed by atoms with Crippen LogP contribution in [0.15, 0.2) is 34.2 Å². The molecule has 1 aliphatic rings. The molecule has 28 heavy (non-hydrogen) atoms. The molecule has 0 bridgehead atoms. The predicted octanol–water partition coefficient (Wildman–Crippen LogP) is 2.02. The Bertz CT molecular complexity index is 612. The maximum absolute atomic E-state index is 11.7. The number of ether oxygens (including phenoxy) is 2. The number of pyridine rings is 1. The SMILES string of the molecule is CCNC(=NCCCOCC1CCOCC1)NCCCCn1ccccc1=O. The molecule has 2 rings (SSSR count). The molecule has 158 valence electrons. The summed E-state index contributed by atoms with van der Waals surface area (Å²) >= 11 is 0. The van der Waals surface area contributed by atoms with Crippen LogP contribution in [0.3, 0.4) is 0 Å². The van der Waals surface area contributed by atoms with Gasteiger partial charge in [-0.2, -0.15) is 0 Å². The fourth-order valence-corrected chi connectivity index (χ4v) is 3.12. The predicted molar refractivity (Wildman–Crippen MR) is 113 cm³/mol. The Kier molecular flexibility index (Phi) is 11.4. The number of guanidine groups is 1. The van der Waals surface area contributed by atoms with Crippen LogP contribution in [-0.2, 0) is 16.0 Å². The van der Waals surface area contributed by atoms with Gasteiger partial charge in [0.15, 0.2) is 5.96 Å². The Balaban J connectivity index is 1.54. The summed E-state index contributed by atoms with van der Waals surface area (Å²) in [5, 5.41) is 6.63. The van der Waals surface area contributed by atoms with Crippen LogP contribution >= 0.6 is 0 Å². The maximum atomic E-state index is 11.7. The molecule has 2 heterocycles. The number of aryl methyl sites for hydroxylation is 1. The normalized spacial score (nSPS) is 15.5. The highest BCUT2D eigenvalue weighted by Gasteiger charge is 2.13. The zero-order chi connectivity index (χ0) is 19.9. The Morgan fingerprint density at radius 2 is 2.11 bits per heavy atom. The van der Waals surface area contributed by atoms with Gasteiger partial charge in [0.1, 0.15) is 0 Å². The van der Waals surface area contributed by atoms with Crippen molar-refractivity contribution in [3.8, 4) is 0 Å². The van der Waals surface area contributed by atoms with Gasteiger partial charge in [-0.05, 0) is 51.0 Å². The van der Waals surface area contributed by atoms with E-state index in [2.05, 4.69) is 22.5 Å². The van der Waals surface area contributed by atoms with Crippen molar-refractivity contribution in [3.63, 3.8) is 0 Å². The summed E-state index contributed by atoms with van der Waals surface area (Å²) in [6, 6.07) is 5.26. The molecule has 1 aliphatic heterocycles. The zero-order valence-corrected chi connectivity index (χ0v) is 17.2. The molecular formula is C21H36N4O3. The highest BCUT2D eigenvalue weighted by Crippen LogP contribution is 2.14. The minimum atomic E-state index is 0.0596. The number of nitrogens with zero attached hydrogens (tertiary/aromatic N) is 2. The summed E-state index contributed by atoms with van der Waals surface area (Å²) in [6.07, 6.45) is 6.94. The first-order valence-corrected chi connectivity index (χ1v) is 10.6. The standard InChI is InChI=1S/C21H36N4O3/c1-2-22-21(23-11-4-6-14-25-13-5-3-8-20(25)26)24-12-7-15-28-18-19-9-16-27-17-10-19/h3,5,8,13,19H,2,4,6-7,9-12,14-18H2,1H3,(H2,22,23,24). The lowest BCUT2D eigenvalue weighted by Gasteiger charge is -2.21. The maximum Gasteiger partial charge on any atom is 0.250 e. The van der Waals surface area contributed by atoms with Crippen molar-refractivity contribution in [1.29, 1.82) is 0 Å². The van der Waals surface area contributed by atoms with Crippen molar-refractivity contribution < 1.29 is 9.47 Å². The Morgan fingerprint density at radius 1 is 1.25 bits per heavy atom. The van der Waals surface area contributed by atoms with Crippen LogP contribution in [0.25, 0.3) is 0 Å². The van der Waals surface area contributed by atoms with Crippen LogP contribution in [0.2, 0.25) is 0 Å². The molecule has 7 heteroatoms. The van der Waals surface area contributed by atoms with Crippen molar-refractivity contribution in [3.05, 3.63) is 34.7 Å². The zero-order valence-electron chi connectivity index (χ0n) is 17.2. The third kappa shape index (κ3) is 9.37. The summed E-state index contributed by atoms with van der Waals surface area (Å²) in [5.74, 6) is 1.51. The lowest BCUT2D eigenvalue weighted by Crippen LogP contribution is -2.38. The van der Waals surface area contributed by atoms with E-state index in [1.54, 1.807) is 16.7 Å². The molecule has 0 radical (unpaired) electrons. The van der Waals surface area contributed by atoms with E-state index >= 15 is 0 Å². The van der Waals surface area contributed by atoms with Crippen molar-refractivity contribution in [2.45, 2.75) is 45.6 Å². The number of aromatic nitrogens is 1. The van der Waals surface area contributed by atoms with Crippen LogP contribution in [0.1, 0.15) is 39.0 Å². The van der Waals surface area contributed by atoms with Gasteiger partial charge < -0.3 is 24.7 Å². The molecule has 7 nitrogen and oxygen atoms in total. The lowest BCUT2D eigenvalue weighted by atomic mass is 10.0. The van der Waals surface area contributed by atoms with Crippen LogP contribution in [0.5, 0.6) is 0 Å². The van der Waals surface area contributed by atoms with E-state index in [4.69, 9.17) is 9.47 Å². The van der Waals surface area contributed by atoms with Crippen LogP contribution in [-0.4, -0.2) is 56.6 Å². The number of aliphatic imine (C=N–C) groups is 1. The van der Waals surface area contributed by atoms with E-state index in [1.807, 2.05) is 12.3 Å². The second kappa shape index (κ2) is 14.2. The second-order valence-corrected chi connectivity index (χ2v) is 7.11. The summed E-state index contributed by atoms with van der Waals surface area (Å²) in [7, 11) is 0. The van der Waals surface area contributed by atoms with E-state index in [0.29, 0.717) is 5.92 Å².